The van der Waals surface area contributed by atoms with Crippen molar-refractivity contribution in [2.45, 2.75) is 19.3 Å². The van der Waals surface area contributed by atoms with Gasteiger partial charge >= 0.3 is 12.0 Å². The predicted molar refractivity (Wildman–Crippen MR) is 171 cm³/mol. The van der Waals surface area contributed by atoms with Crippen LogP contribution in [-0.2, 0) is 11.2 Å². The van der Waals surface area contributed by atoms with Crippen molar-refractivity contribution in [3.63, 3.8) is 0 Å². The number of carbonyl (C=O) groups is 3. The van der Waals surface area contributed by atoms with Crippen molar-refractivity contribution >= 4 is 29.2 Å². The van der Waals surface area contributed by atoms with Gasteiger partial charge in [0.2, 0.25) is 0 Å². The minimum Gasteiger partial charge on any atom is -0.481 e. The van der Waals surface area contributed by atoms with Crippen molar-refractivity contribution < 1.29 is 19.5 Å². The maximum absolute atomic E-state index is 12.9. The van der Waals surface area contributed by atoms with Crippen LogP contribution in [0.1, 0.15) is 28.8 Å². The van der Waals surface area contributed by atoms with Gasteiger partial charge in [-0.2, -0.15) is 0 Å². The summed E-state index contributed by atoms with van der Waals surface area (Å²) in [4.78, 5) is 37.5. The van der Waals surface area contributed by atoms with Gasteiger partial charge in [0, 0.05) is 23.2 Å². The maximum Gasteiger partial charge on any atom is 0.323 e. The number of para-hydroxylation sites is 1. The van der Waals surface area contributed by atoms with Crippen LogP contribution in [0.3, 0.4) is 0 Å². The molecular formula is C37H32N2O4. The highest BCUT2D eigenvalue weighted by Gasteiger charge is 2.22. The molecule has 0 aromatic heterocycles. The number of nitrogens with one attached hydrogen (secondary N) is 2. The topological polar surface area (TPSA) is 95.5 Å². The molecule has 1 unspecified atom stereocenters. The largest absolute Gasteiger partial charge is 0.481 e. The average Bonchev–Trinajstić information content (AvgIpc) is 3.04. The second kappa shape index (κ2) is 13.9. The van der Waals surface area contributed by atoms with Crippen LogP contribution in [-0.4, -0.2) is 22.9 Å². The van der Waals surface area contributed by atoms with Gasteiger partial charge in [0.05, 0.1) is 11.6 Å². The standard InChI is InChI=1S/C37H32N2O4/c40-35(25-31(36(41)42)16-15-26-9-3-1-4-10-26)30-19-17-27(18-20-30)28-21-23-32(24-22-28)38-37(43)39-34-14-8-7-13-33(34)29-11-5-2-6-12-29/h1-14,17-24,31H,15-16,25H2,(H,41,42)(H2,38,39,43). The van der Waals surface area contributed by atoms with Crippen LogP contribution in [0.25, 0.3) is 22.3 Å². The van der Waals surface area contributed by atoms with Crippen LogP contribution in [0.4, 0.5) is 16.2 Å². The van der Waals surface area contributed by atoms with E-state index in [1.54, 1.807) is 12.1 Å². The molecule has 214 valence electrons. The summed E-state index contributed by atoms with van der Waals surface area (Å²) < 4.78 is 0. The first-order valence-corrected chi connectivity index (χ1v) is 14.2. The number of aliphatic carboxylic acids is 1. The Balaban J connectivity index is 1.17. The second-order valence-corrected chi connectivity index (χ2v) is 10.3. The first kappa shape index (κ1) is 29.0. The van der Waals surface area contributed by atoms with E-state index in [0.29, 0.717) is 29.8 Å². The van der Waals surface area contributed by atoms with Gasteiger partial charge in [-0.3, -0.25) is 9.59 Å². The van der Waals surface area contributed by atoms with E-state index in [-0.39, 0.29) is 18.2 Å². The molecule has 5 aromatic rings. The number of hydrogen-bond donors (Lipinski definition) is 3. The minimum absolute atomic E-state index is 0.0419. The zero-order valence-electron chi connectivity index (χ0n) is 23.6. The molecule has 43 heavy (non-hydrogen) atoms. The Morgan fingerprint density at radius 1 is 0.605 bits per heavy atom. The van der Waals surface area contributed by atoms with Crippen LogP contribution >= 0.6 is 0 Å². The number of rotatable bonds is 11. The van der Waals surface area contributed by atoms with Gasteiger partial charge in [-0.15, -0.1) is 0 Å². The molecular weight excluding hydrogens is 536 g/mol. The summed E-state index contributed by atoms with van der Waals surface area (Å²) in [7, 11) is 0. The van der Waals surface area contributed by atoms with E-state index in [9.17, 15) is 19.5 Å². The molecule has 0 aliphatic rings. The van der Waals surface area contributed by atoms with Crippen LogP contribution in [0, 0.1) is 5.92 Å². The lowest BCUT2D eigenvalue weighted by Crippen LogP contribution is -2.19. The lowest BCUT2D eigenvalue weighted by atomic mass is 9.92. The van der Waals surface area contributed by atoms with E-state index in [1.165, 1.54) is 0 Å². The molecule has 0 aliphatic carbocycles. The number of amides is 2. The van der Waals surface area contributed by atoms with Crippen LogP contribution in [0.2, 0.25) is 0 Å². The van der Waals surface area contributed by atoms with Crippen molar-refractivity contribution in [3.8, 4) is 22.3 Å². The first-order chi connectivity index (χ1) is 21.0. The molecule has 0 spiro atoms. The summed E-state index contributed by atoms with van der Waals surface area (Å²) in [6.45, 7) is 0. The summed E-state index contributed by atoms with van der Waals surface area (Å²) in [5.41, 5.74) is 6.67. The number of aryl methyl sites for hydroxylation is 1. The van der Waals surface area contributed by atoms with Crippen LogP contribution in [0.5, 0.6) is 0 Å². The van der Waals surface area contributed by atoms with Crippen LogP contribution in [0.15, 0.2) is 133 Å². The van der Waals surface area contributed by atoms with Gasteiger partial charge in [-0.1, -0.05) is 115 Å². The molecule has 3 N–H and O–H groups in total. The SMILES string of the molecule is O=C(Nc1ccc(-c2ccc(C(=O)CC(CCc3ccccc3)C(=O)O)cc2)cc1)Nc1ccccc1-c1ccccc1. The molecule has 0 aliphatic heterocycles. The number of carboxylic acids is 1. The number of anilines is 2. The Hall–Kier alpha value is -5.49. The van der Waals surface area contributed by atoms with E-state index in [2.05, 4.69) is 10.6 Å². The van der Waals surface area contributed by atoms with Gasteiger partial charge in [-0.05, 0) is 53.3 Å². The molecule has 0 fully saturated rings. The van der Waals surface area contributed by atoms with Crippen LogP contribution < -0.4 is 10.6 Å². The Bertz CT molecular complexity index is 1680. The Morgan fingerprint density at radius 3 is 1.84 bits per heavy atom. The summed E-state index contributed by atoms with van der Waals surface area (Å²) >= 11 is 0. The molecule has 0 radical (unpaired) electrons. The molecule has 0 saturated carbocycles. The highest BCUT2D eigenvalue weighted by atomic mass is 16.4. The number of ketones is 1. The molecule has 6 nitrogen and oxygen atoms in total. The van der Waals surface area contributed by atoms with E-state index < -0.39 is 11.9 Å². The fraction of sp³-hybridized carbons (Fsp3) is 0.108. The normalized spacial score (nSPS) is 11.3. The van der Waals surface area contributed by atoms with Crippen molar-refractivity contribution in [2.24, 2.45) is 5.92 Å². The third-order valence-electron chi connectivity index (χ3n) is 7.35. The Morgan fingerprint density at radius 2 is 1.19 bits per heavy atom. The number of benzene rings is 5. The fourth-order valence-corrected chi connectivity index (χ4v) is 4.98. The molecule has 0 saturated heterocycles. The molecule has 5 rings (SSSR count). The van der Waals surface area contributed by atoms with Crippen molar-refractivity contribution in [1.29, 1.82) is 0 Å². The Labute approximate surface area is 251 Å². The van der Waals surface area contributed by atoms with E-state index in [0.717, 1.165) is 27.8 Å². The molecule has 5 aromatic carbocycles. The number of hydrogen-bond acceptors (Lipinski definition) is 3. The monoisotopic (exact) mass is 568 g/mol. The van der Waals surface area contributed by atoms with Crippen molar-refractivity contribution in [2.75, 3.05) is 10.6 Å². The third-order valence-corrected chi connectivity index (χ3v) is 7.35. The summed E-state index contributed by atoms with van der Waals surface area (Å²) in [6.07, 6.45) is 0.971. The number of carbonyl (C=O) groups excluding carboxylic acids is 2. The minimum atomic E-state index is -0.955. The maximum atomic E-state index is 12.9. The zero-order valence-corrected chi connectivity index (χ0v) is 23.6. The number of urea groups is 1. The quantitative estimate of drug-likeness (QED) is 0.139. The lowest BCUT2D eigenvalue weighted by molar-refractivity contribution is -0.141. The third kappa shape index (κ3) is 7.83. The Kier molecular flexibility index (Phi) is 9.39. The van der Waals surface area contributed by atoms with Gasteiger partial charge in [-0.25, -0.2) is 4.79 Å². The number of Topliss-reactive ketones (excluding diaryl/α,β-unsaturated/α-hetero) is 1. The summed E-state index contributed by atoms with van der Waals surface area (Å²) in [6, 6.07) is 41.5. The fourth-order valence-electron chi connectivity index (χ4n) is 4.98. The van der Waals surface area contributed by atoms with Gasteiger partial charge < -0.3 is 15.7 Å². The molecule has 2 amide bonds. The summed E-state index contributed by atoms with van der Waals surface area (Å²) in [5, 5.41) is 15.5. The molecule has 0 bridgehead atoms. The van der Waals surface area contributed by atoms with Gasteiger partial charge in [0.25, 0.3) is 0 Å². The molecule has 1 atom stereocenters. The van der Waals surface area contributed by atoms with Crippen molar-refractivity contribution in [1.82, 2.24) is 0 Å². The zero-order chi connectivity index (χ0) is 30.0. The van der Waals surface area contributed by atoms with E-state index >= 15 is 0 Å². The van der Waals surface area contributed by atoms with E-state index in [4.69, 9.17) is 0 Å². The highest BCUT2D eigenvalue weighted by molar-refractivity contribution is 6.02. The summed E-state index contributed by atoms with van der Waals surface area (Å²) in [5.74, 6) is -1.88. The van der Waals surface area contributed by atoms with Gasteiger partial charge in [0.1, 0.15) is 0 Å². The predicted octanol–water partition coefficient (Wildman–Crippen LogP) is 8.57. The smallest absolute Gasteiger partial charge is 0.323 e. The van der Waals surface area contributed by atoms with Crippen molar-refractivity contribution in [3.05, 3.63) is 145 Å². The van der Waals surface area contributed by atoms with Gasteiger partial charge in [0.15, 0.2) is 5.78 Å². The molecule has 6 heteroatoms. The second-order valence-electron chi connectivity index (χ2n) is 10.3. The first-order valence-electron chi connectivity index (χ1n) is 14.2. The lowest BCUT2D eigenvalue weighted by Gasteiger charge is -2.13. The number of carboxylic acid groups (broad SMARTS) is 1. The molecule has 0 heterocycles. The average molecular weight is 569 g/mol. The van der Waals surface area contributed by atoms with E-state index in [1.807, 2.05) is 121 Å². The highest BCUT2D eigenvalue weighted by Crippen LogP contribution is 2.28.